The lowest BCUT2D eigenvalue weighted by Crippen LogP contribution is -2.24. The van der Waals surface area contributed by atoms with Crippen molar-refractivity contribution >= 4 is 38.9 Å². The first kappa shape index (κ1) is 13.1. The van der Waals surface area contributed by atoms with Crippen molar-refractivity contribution in [2.45, 2.75) is 6.92 Å². The van der Waals surface area contributed by atoms with Crippen LogP contribution < -0.4 is 5.32 Å². The van der Waals surface area contributed by atoms with Gasteiger partial charge < -0.3 is 5.32 Å². The van der Waals surface area contributed by atoms with Crippen LogP contribution >= 0.6 is 22.9 Å². The molecule has 94 valence electrons. The molecule has 0 fully saturated rings. The Bertz CT molecular complexity index is 635. The summed E-state index contributed by atoms with van der Waals surface area (Å²) in [6.45, 7) is 5.44. The minimum absolute atomic E-state index is 0.205. The van der Waals surface area contributed by atoms with Crippen LogP contribution in [0, 0.1) is 12.7 Å². The van der Waals surface area contributed by atoms with Gasteiger partial charge in [-0.2, -0.15) is 0 Å². The highest BCUT2D eigenvalue weighted by Crippen LogP contribution is 2.32. The third-order valence-electron chi connectivity index (χ3n) is 2.55. The highest BCUT2D eigenvalue weighted by atomic mass is 35.5. The van der Waals surface area contributed by atoms with Crippen LogP contribution in [0.15, 0.2) is 29.8 Å². The molecule has 5 heteroatoms. The molecule has 1 amide bonds. The van der Waals surface area contributed by atoms with Gasteiger partial charge in [0.1, 0.15) is 5.82 Å². The lowest BCUT2D eigenvalue weighted by molar-refractivity contribution is 0.0961. The molecule has 0 unspecified atom stereocenters. The summed E-state index contributed by atoms with van der Waals surface area (Å²) < 4.78 is 14.4. The molecule has 1 aromatic heterocycles. The standard InChI is InChI=1S/C13H11ClFNOS/c1-7(14)6-16-13(17)12-8(2)11-9(15)4-3-5-10(11)18-12/h3-5H,1,6H2,2H3,(H,16,17). The van der Waals surface area contributed by atoms with Crippen LogP contribution in [0.5, 0.6) is 0 Å². The van der Waals surface area contributed by atoms with Gasteiger partial charge in [-0.05, 0) is 24.6 Å². The number of fused-ring (bicyclic) bond motifs is 1. The van der Waals surface area contributed by atoms with Gasteiger partial charge in [0, 0.05) is 15.1 Å². The molecule has 0 atom stereocenters. The van der Waals surface area contributed by atoms with Gasteiger partial charge >= 0.3 is 0 Å². The number of thiophene rings is 1. The molecular weight excluding hydrogens is 273 g/mol. The Labute approximate surface area is 113 Å². The Morgan fingerprint density at radius 2 is 2.28 bits per heavy atom. The summed E-state index contributed by atoms with van der Waals surface area (Å²) >= 11 is 6.86. The molecule has 2 nitrogen and oxygen atoms in total. The third kappa shape index (κ3) is 2.40. The number of carbonyl (C=O) groups is 1. The molecule has 0 radical (unpaired) electrons. The second-order valence-corrected chi connectivity index (χ2v) is 5.46. The summed E-state index contributed by atoms with van der Waals surface area (Å²) in [7, 11) is 0. The van der Waals surface area contributed by atoms with Crippen molar-refractivity contribution < 1.29 is 9.18 Å². The second kappa shape index (κ2) is 5.08. The van der Waals surface area contributed by atoms with Gasteiger partial charge in [0.2, 0.25) is 0 Å². The first-order chi connectivity index (χ1) is 8.50. The van der Waals surface area contributed by atoms with Crippen molar-refractivity contribution in [2.75, 3.05) is 6.54 Å². The second-order valence-electron chi connectivity index (χ2n) is 3.87. The van der Waals surface area contributed by atoms with Gasteiger partial charge in [-0.1, -0.05) is 24.2 Å². The smallest absolute Gasteiger partial charge is 0.261 e. The van der Waals surface area contributed by atoms with Gasteiger partial charge in [-0.3, -0.25) is 4.79 Å². The highest BCUT2D eigenvalue weighted by Gasteiger charge is 2.17. The van der Waals surface area contributed by atoms with E-state index in [0.29, 0.717) is 20.9 Å². The molecule has 1 N–H and O–H groups in total. The summed E-state index contributed by atoms with van der Waals surface area (Å²) in [5, 5.41) is 3.50. The van der Waals surface area contributed by atoms with E-state index in [2.05, 4.69) is 11.9 Å². The van der Waals surface area contributed by atoms with Gasteiger partial charge in [0.05, 0.1) is 11.4 Å². The van der Waals surface area contributed by atoms with E-state index in [9.17, 15) is 9.18 Å². The van der Waals surface area contributed by atoms with Crippen LogP contribution in [0.2, 0.25) is 0 Å². The van der Waals surface area contributed by atoms with Crippen LogP contribution in [-0.4, -0.2) is 12.5 Å². The van der Waals surface area contributed by atoms with E-state index >= 15 is 0 Å². The van der Waals surface area contributed by atoms with E-state index in [1.807, 2.05) is 0 Å². The maximum Gasteiger partial charge on any atom is 0.261 e. The monoisotopic (exact) mass is 283 g/mol. The summed E-state index contributed by atoms with van der Waals surface area (Å²) in [4.78, 5) is 12.4. The topological polar surface area (TPSA) is 29.1 Å². The van der Waals surface area contributed by atoms with Crippen LogP contribution in [0.4, 0.5) is 4.39 Å². The number of nitrogens with one attached hydrogen (secondary N) is 1. The number of hydrogen-bond donors (Lipinski definition) is 1. The Balaban J connectivity index is 2.40. The molecule has 18 heavy (non-hydrogen) atoms. The molecule has 0 spiro atoms. The molecule has 0 aliphatic carbocycles. The maximum absolute atomic E-state index is 13.7. The SMILES string of the molecule is C=C(Cl)CNC(=O)c1sc2cccc(F)c2c1C. The zero-order valence-corrected chi connectivity index (χ0v) is 11.3. The highest BCUT2D eigenvalue weighted by molar-refractivity contribution is 7.21. The molecular formula is C13H11ClFNOS. The first-order valence-corrected chi connectivity index (χ1v) is 6.49. The van der Waals surface area contributed by atoms with Crippen molar-refractivity contribution in [3.8, 4) is 0 Å². The Morgan fingerprint density at radius 1 is 1.56 bits per heavy atom. The van der Waals surface area contributed by atoms with E-state index in [4.69, 9.17) is 11.6 Å². The normalized spacial score (nSPS) is 10.6. The van der Waals surface area contributed by atoms with Gasteiger partial charge in [0.15, 0.2) is 0 Å². The number of amides is 1. The van der Waals surface area contributed by atoms with E-state index < -0.39 is 0 Å². The third-order valence-corrected chi connectivity index (χ3v) is 3.94. The molecule has 0 aliphatic rings. The largest absolute Gasteiger partial charge is 0.346 e. The van der Waals surface area contributed by atoms with Crippen molar-refractivity contribution in [1.29, 1.82) is 0 Å². The molecule has 0 bridgehead atoms. The zero-order valence-electron chi connectivity index (χ0n) is 9.72. The van der Waals surface area contributed by atoms with Gasteiger partial charge in [0.25, 0.3) is 5.91 Å². The predicted molar refractivity (Wildman–Crippen MR) is 73.8 cm³/mol. The maximum atomic E-state index is 13.7. The summed E-state index contributed by atoms with van der Waals surface area (Å²) in [6.07, 6.45) is 0. The number of benzene rings is 1. The minimum atomic E-state index is -0.304. The quantitative estimate of drug-likeness (QED) is 0.911. The number of carbonyl (C=O) groups excluding carboxylic acids is 1. The molecule has 2 rings (SSSR count). The molecule has 0 saturated heterocycles. The zero-order chi connectivity index (χ0) is 13.3. The van der Waals surface area contributed by atoms with Crippen molar-refractivity contribution in [3.05, 3.63) is 46.1 Å². The fourth-order valence-corrected chi connectivity index (χ4v) is 2.93. The number of rotatable bonds is 3. The summed E-state index contributed by atoms with van der Waals surface area (Å²) in [5.74, 6) is -0.558. The van der Waals surface area contributed by atoms with Crippen LogP contribution in [0.3, 0.4) is 0 Å². The first-order valence-electron chi connectivity index (χ1n) is 5.30. The van der Waals surface area contributed by atoms with Crippen LogP contribution in [-0.2, 0) is 0 Å². The fourth-order valence-electron chi connectivity index (χ4n) is 1.73. The molecule has 1 aromatic carbocycles. The minimum Gasteiger partial charge on any atom is -0.346 e. The van der Waals surface area contributed by atoms with Crippen LogP contribution in [0.25, 0.3) is 10.1 Å². The Hall–Kier alpha value is -1.39. The average Bonchev–Trinajstić information content (AvgIpc) is 2.65. The van der Waals surface area contributed by atoms with Crippen molar-refractivity contribution in [3.63, 3.8) is 0 Å². The number of hydrogen-bond acceptors (Lipinski definition) is 2. The fraction of sp³-hybridized carbons (Fsp3) is 0.154. The Morgan fingerprint density at radius 3 is 2.89 bits per heavy atom. The molecule has 1 heterocycles. The van der Waals surface area contributed by atoms with Crippen molar-refractivity contribution in [1.82, 2.24) is 5.32 Å². The molecule has 0 aliphatic heterocycles. The molecule has 2 aromatic rings. The molecule has 0 saturated carbocycles. The summed E-state index contributed by atoms with van der Waals surface area (Å²) in [5.41, 5.74) is 0.658. The predicted octanol–water partition coefficient (Wildman–Crippen LogP) is 3.83. The number of halogens is 2. The van der Waals surface area contributed by atoms with E-state index in [-0.39, 0.29) is 18.3 Å². The lowest BCUT2D eigenvalue weighted by Gasteiger charge is -2.02. The van der Waals surface area contributed by atoms with Crippen LogP contribution in [0.1, 0.15) is 15.2 Å². The summed E-state index contributed by atoms with van der Waals surface area (Å²) in [6, 6.07) is 4.83. The Kier molecular flexibility index (Phi) is 3.68. The average molecular weight is 284 g/mol. The van der Waals surface area contributed by atoms with Gasteiger partial charge in [-0.25, -0.2) is 4.39 Å². The van der Waals surface area contributed by atoms with Crippen molar-refractivity contribution in [2.24, 2.45) is 0 Å². The lowest BCUT2D eigenvalue weighted by atomic mass is 10.1. The van der Waals surface area contributed by atoms with E-state index in [1.165, 1.54) is 17.4 Å². The van der Waals surface area contributed by atoms with E-state index in [1.54, 1.807) is 19.1 Å². The van der Waals surface area contributed by atoms with Gasteiger partial charge in [-0.15, -0.1) is 11.3 Å². The van der Waals surface area contributed by atoms with E-state index in [0.717, 1.165) is 4.70 Å². The number of aryl methyl sites for hydroxylation is 1.